The Kier molecular flexibility index (Phi) is 3.71. The van der Waals surface area contributed by atoms with Crippen LogP contribution in [-0.2, 0) is 0 Å². The molecular weight excluding hydrogens is 170 g/mol. The van der Waals surface area contributed by atoms with Crippen molar-refractivity contribution >= 4 is 5.69 Å². The molecule has 14 heavy (non-hydrogen) atoms. The van der Waals surface area contributed by atoms with Gasteiger partial charge >= 0.3 is 0 Å². The Bertz CT molecular complexity index is 316. The zero-order chi connectivity index (χ0) is 10.6. The van der Waals surface area contributed by atoms with Crippen LogP contribution in [0.2, 0.25) is 0 Å². The first kappa shape index (κ1) is 10.8. The standard InChI is InChI=1S/C13H17N/c1-5-13(10(2)3)11-6-8-12(14-4)9-7-11/h6-10,13H,5H2,1-3H3/t13-/m1/s1. The summed E-state index contributed by atoms with van der Waals surface area (Å²) in [6.07, 6.45) is 1.16. The number of hydrogen-bond acceptors (Lipinski definition) is 0. The topological polar surface area (TPSA) is 4.36 Å². The van der Waals surface area contributed by atoms with Crippen molar-refractivity contribution in [3.63, 3.8) is 0 Å². The van der Waals surface area contributed by atoms with E-state index in [0.29, 0.717) is 11.8 Å². The molecule has 0 unspecified atom stereocenters. The molecule has 1 aromatic rings. The Morgan fingerprint density at radius 1 is 1.21 bits per heavy atom. The molecule has 0 spiro atoms. The Labute approximate surface area is 86.6 Å². The van der Waals surface area contributed by atoms with Crippen LogP contribution in [0, 0.1) is 12.5 Å². The molecule has 0 aromatic heterocycles. The summed E-state index contributed by atoms with van der Waals surface area (Å²) in [6, 6.07) is 7.99. The SMILES string of the molecule is [C-]#[N+]c1ccc([C@H](CC)C(C)C)cc1. The third-order valence-electron chi connectivity index (χ3n) is 2.69. The molecule has 1 heteroatoms. The van der Waals surface area contributed by atoms with Gasteiger partial charge in [0.2, 0.25) is 0 Å². The van der Waals surface area contributed by atoms with Gasteiger partial charge in [0.25, 0.3) is 0 Å². The molecule has 0 N–H and O–H groups in total. The van der Waals surface area contributed by atoms with Crippen LogP contribution in [0.15, 0.2) is 24.3 Å². The fourth-order valence-corrected chi connectivity index (χ4v) is 1.89. The fraction of sp³-hybridized carbons (Fsp3) is 0.462. The van der Waals surface area contributed by atoms with E-state index in [1.54, 1.807) is 0 Å². The largest absolute Gasteiger partial charge is 0.238 e. The van der Waals surface area contributed by atoms with Crippen molar-refractivity contribution in [2.24, 2.45) is 5.92 Å². The first-order valence-electron chi connectivity index (χ1n) is 5.16. The maximum Gasteiger partial charge on any atom is 0.187 e. The van der Waals surface area contributed by atoms with Gasteiger partial charge in [-0.25, -0.2) is 4.85 Å². The molecule has 0 aliphatic heterocycles. The highest BCUT2D eigenvalue weighted by molar-refractivity contribution is 5.45. The highest BCUT2D eigenvalue weighted by Gasteiger charge is 2.12. The summed E-state index contributed by atoms with van der Waals surface area (Å²) in [6.45, 7) is 13.6. The first-order valence-corrected chi connectivity index (χ1v) is 5.16. The quantitative estimate of drug-likeness (QED) is 0.618. The summed E-state index contributed by atoms with van der Waals surface area (Å²) in [7, 11) is 0. The van der Waals surface area contributed by atoms with Crippen molar-refractivity contribution in [1.82, 2.24) is 0 Å². The Hall–Kier alpha value is -1.29. The van der Waals surface area contributed by atoms with Gasteiger partial charge in [-0.05, 0) is 23.8 Å². The van der Waals surface area contributed by atoms with E-state index in [2.05, 4.69) is 37.7 Å². The molecule has 0 saturated heterocycles. The summed E-state index contributed by atoms with van der Waals surface area (Å²) in [5, 5.41) is 0. The van der Waals surface area contributed by atoms with E-state index in [4.69, 9.17) is 6.57 Å². The second-order valence-electron chi connectivity index (χ2n) is 3.96. The normalized spacial score (nSPS) is 12.5. The van der Waals surface area contributed by atoms with E-state index in [9.17, 15) is 0 Å². The van der Waals surface area contributed by atoms with E-state index >= 15 is 0 Å². The van der Waals surface area contributed by atoms with Crippen molar-refractivity contribution in [2.45, 2.75) is 33.1 Å². The van der Waals surface area contributed by atoms with Crippen LogP contribution in [0.3, 0.4) is 0 Å². The van der Waals surface area contributed by atoms with Crippen molar-refractivity contribution in [1.29, 1.82) is 0 Å². The van der Waals surface area contributed by atoms with Gasteiger partial charge in [-0.1, -0.05) is 45.0 Å². The van der Waals surface area contributed by atoms with E-state index in [0.717, 1.165) is 12.1 Å². The van der Waals surface area contributed by atoms with Gasteiger partial charge < -0.3 is 0 Å². The van der Waals surface area contributed by atoms with Gasteiger partial charge in [-0.2, -0.15) is 0 Å². The lowest BCUT2D eigenvalue weighted by Gasteiger charge is -2.19. The third kappa shape index (κ3) is 2.35. The van der Waals surface area contributed by atoms with Crippen LogP contribution in [0.1, 0.15) is 38.7 Å². The average Bonchev–Trinajstić information content (AvgIpc) is 2.19. The molecule has 1 atom stereocenters. The zero-order valence-electron chi connectivity index (χ0n) is 9.12. The molecule has 1 rings (SSSR count). The van der Waals surface area contributed by atoms with E-state index < -0.39 is 0 Å². The van der Waals surface area contributed by atoms with Crippen molar-refractivity contribution < 1.29 is 0 Å². The smallest absolute Gasteiger partial charge is 0.187 e. The van der Waals surface area contributed by atoms with Gasteiger partial charge in [0.1, 0.15) is 0 Å². The number of nitrogens with zero attached hydrogens (tertiary/aromatic N) is 1. The minimum Gasteiger partial charge on any atom is -0.238 e. The van der Waals surface area contributed by atoms with Gasteiger partial charge in [-0.15, -0.1) is 0 Å². The molecule has 0 saturated carbocycles. The predicted octanol–water partition coefficient (Wildman–Crippen LogP) is 4.39. The number of benzene rings is 1. The fourth-order valence-electron chi connectivity index (χ4n) is 1.89. The number of hydrogen-bond donors (Lipinski definition) is 0. The van der Waals surface area contributed by atoms with E-state index in [1.807, 2.05) is 12.1 Å². The van der Waals surface area contributed by atoms with Gasteiger partial charge in [0.15, 0.2) is 5.69 Å². The Morgan fingerprint density at radius 3 is 2.14 bits per heavy atom. The van der Waals surface area contributed by atoms with Crippen LogP contribution in [0.4, 0.5) is 5.69 Å². The van der Waals surface area contributed by atoms with Crippen molar-refractivity contribution in [3.05, 3.63) is 41.2 Å². The summed E-state index contributed by atoms with van der Waals surface area (Å²) >= 11 is 0. The molecular formula is C13H17N. The molecule has 74 valence electrons. The van der Waals surface area contributed by atoms with Crippen molar-refractivity contribution in [3.8, 4) is 0 Å². The van der Waals surface area contributed by atoms with Crippen LogP contribution in [-0.4, -0.2) is 0 Å². The van der Waals surface area contributed by atoms with Gasteiger partial charge in [-0.3, -0.25) is 0 Å². The van der Waals surface area contributed by atoms with Crippen LogP contribution in [0.5, 0.6) is 0 Å². The highest BCUT2D eigenvalue weighted by atomic mass is 14.6. The summed E-state index contributed by atoms with van der Waals surface area (Å²) in [4.78, 5) is 3.39. The molecule has 0 amide bonds. The lowest BCUT2D eigenvalue weighted by atomic mass is 9.86. The van der Waals surface area contributed by atoms with Crippen LogP contribution in [0.25, 0.3) is 4.85 Å². The highest BCUT2D eigenvalue weighted by Crippen LogP contribution is 2.28. The van der Waals surface area contributed by atoms with Crippen LogP contribution >= 0.6 is 0 Å². The van der Waals surface area contributed by atoms with E-state index in [-0.39, 0.29) is 0 Å². The minimum absolute atomic E-state index is 0.620. The molecule has 0 heterocycles. The monoisotopic (exact) mass is 187 g/mol. The summed E-state index contributed by atoms with van der Waals surface area (Å²) < 4.78 is 0. The lowest BCUT2D eigenvalue weighted by molar-refractivity contribution is 0.485. The van der Waals surface area contributed by atoms with Gasteiger partial charge in [0, 0.05) is 0 Å². The predicted molar refractivity (Wildman–Crippen MR) is 60.6 cm³/mol. The molecule has 0 radical (unpaired) electrons. The lowest BCUT2D eigenvalue weighted by Crippen LogP contribution is -2.04. The summed E-state index contributed by atoms with van der Waals surface area (Å²) in [5.74, 6) is 1.29. The van der Waals surface area contributed by atoms with Crippen molar-refractivity contribution in [2.75, 3.05) is 0 Å². The molecule has 1 nitrogen and oxygen atoms in total. The maximum atomic E-state index is 6.88. The molecule has 0 aliphatic carbocycles. The second-order valence-corrected chi connectivity index (χ2v) is 3.96. The zero-order valence-corrected chi connectivity index (χ0v) is 9.12. The minimum atomic E-state index is 0.620. The third-order valence-corrected chi connectivity index (χ3v) is 2.69. The molecule has 0 bridgehead atoms. The van der Waals surface area contributed by atoms with E-state index in [1.165, 1.54) is 5.56 Å². The second kappa shape index (κ2) is 4.81. The average molecular weight is 187 g/mol. The molecule has 1 aromatic carbocycles. The first-order chi connectivity index (χ1) is 6.69. The van der Waals surface area contributed by atoms with Gasteiger partial charge in [0.05, 0.1) is 6.57 Å². The van der Waals surface area contributed by atoms with Crippen LogP contribution < -0.4 is 0 Å². The maximum absolute atomic E-state index is 6.88. The Morgan fingerprint density at radius 2 is 1.79 bits per heavy atom. The Balaban J connectivity index is 2.90. The number of rotatable bonds is 3. The molecule has 0 fully saturated rings. The summed E-state index contributed by atoms with van der Waals surface area (Å²) in [5.41, 5.74) is 2.09. The molecule has 0 aliphatic rings.